The number of hydroxylamine groups is 1. The maximum Gasteiger partial charge on any atom is 0.254 e. The molecule has 124 valence electrons. The van der Waals surface area contributed by atoms with Crippen molar-refractivity contribution in [3.05, 3.63) is 29.8 Å². The van der Waals surface area contributed by atoms with Crippen LogP contribution in [-0.2, 0) is 9.59 Å². The summed E-state index contributed by atoms with van der Waals surface area (Å²) in [6, 6.07) is 6.46. The number of para-hydroxylation sites is 1. The molecule has 1 atom stereocenters. The van der Waals surface area contributed by atoms with E-state index in [2.05, 4.69) is 5.32 Å². The molecule has 3 amide bonds. The summed E-state index contributed by atoms with van der Waals surface area (Å²) in [6.07, 6.45) is 2.33. The second kappa shape index (κ2) is 7.73. The molecule has 0 saturated carbocycles. The average Bonchev–Trinajstić information content (AvgIpc) is 2.64. The van der Waals surface area contributed by atoms with Gasteiger partial charge in [0.15, 0.2) is 0 Å². The zero-order chi connectivity index (χ0) is 16.8. The predicted octanol–water partition coefficient (Wildman–Crippen LogP) is 1.22. The molecule has 3 N–H and O–H groups in total. The van der Waals surface area contributed by atoms with Crippen molar-refractivity contribution in [2.45, 2.75) is 38.6 Å². The minimum Gasteiger partial charge on any atom is -0.340 e. The molecule has 7 nitrogen and oxygen atoms in total. The normalized spacial score (nSPS) is 17.3. The van der Waals surface area contributed by atoms with Gasteiger partial charge in [0.25, 0.3) is 5.91 Å². The number of hydrogen-bond donors (Lipinski definition) is 3. The van der Waals surface area contributed by atoms with Crippen LogP contribution in [0.5, 0.6) is 0 Å². The van der Waals surface area contributed by atoms with Crippen molar-refractivity contribution in [2.24, 2.45) is 0 Å². The minimum atomic E-state index is -0.574. The molecule has 1 heterocycles. The molecule has 1 aromatic carbocycles. The molecule has 0 radical (unpaired) electrons. The summed E-state index contributed by atoms with van der Waals surface area (Å²) in [5, 5.41) is 11.1. The number of unbranched alkanes of at least 4 members (excludes halogenated alkanes) is 2. The van der Waals surface area contributed by atoms with Crippen molar-refractivity contribution in [3.8, 4) is 0 Å². The second-order valence-corrected chi connectivity index (χ2v) is 5.55. The molecule has 1 unspecified atom stereocenters. The van der Waals surface area contributed by atoms with Gasteiger partial charge in [-0.1, -0.05) is 18.6 Å². The number of amides is 3. The van der Waals surface area contributed by atoms with Crippen LogP contribution < -0.4 is 15.7 Å². The molecule has 2 rings (SSSR count). The summed E-state index contributed by atoms with van der Waals surface area (Å²) in [4.78, 5) is 37.2. The molecule has 0 aliphatic carbocycles. The van der Waals surface area contributed by atoms with E-state index in [9.17, 15) is 14.4 Å². The van der Waals surface area contributed by atoms with E-state index in [1.807, 2.05) is 0 Å². The lowest BCUT2D eigenvalue weighted by Gasteiger charge is -2.24. The van der Waals surface area contributed by atoms with Crippen LogP contribution in [0.15, 0.2) is 24.3 Å². The molecule has 0 fully saturated rings. The molecule has 0 spiro atoms. The van der Waals surface area contributed by atoms with Gasteiger partial charge in [-0.25, -0.2) is 5.48 Å². The topological polar surface area (TPSA) is 98.7 Å². The van der Waals surface area contributed by atoms with E-state index in [1.54, 1.807) is 41.6 Å². The predicted molar refractivity (Wildman–Crippen MR) is 84.1 cm³/mol. The first-order chi connectivity index (χ1) is 11.0. The van der Waals surface area contributed by atoms with Gasteiger partial charge in [-0.3, -0.25) is 19.6 Å². The minimum absolute atomic E-state index is 0.142. The standard InChI is InChI=1S/C16H21N3O4/c1-11-16(22)19(10-6-2-3-9-14(20)18-23)13-8-5-4-7-12(13)15(21)17-11/h4-5,7-8,11,23H,2-3,6,9-10H2,1H3,(H,17,21)(H,18,20). The van der Waals surface area contributed by atoms with Crippen molar-refractivity contribution in [3.63, 3.8) is 0 Å². The maximum absolute atomic E-state index is 12.5. The highest BCUT2D eigenvalue weighted by Crippen LogP contribution is 2.24. The fraction of sp³-hybridized carbons (Fsp3) is 0.438. The highest BCUT2D eigenvalue weighted by Gasteiger charge is 2.30. The van der Waals surface area contributed by atoms with Crippen LogP contribution in [0.2, 0.25) is 0 Å². The highest BCUT2D eigenvalue weighted by molar-refractivity contribution is 6.10. The van der Waals surface area contributed by atoms with Gasteiger partial charge < -0.3 is 10.2 Å². The number of nitrogens with zero attached hydrogens (tertiary/aromatic N) is 1. The summed E-state index contributed by atoms with van der Waals surface area (Å²) >= 11 is 0. The Morgan fingerprint density at radius 2 is 2.00 bits per heavy atom. The number of fused-ring (bicyclic) bond motifs is 1. The largest absolute Gasteiger partial charge is 0.340 e. The van der Waals surface area contributed by atoms with Gasteiger partial charge in [-0.15, -0.1) is 0 Å². The summed E-state index contributed by atoms with van der Waals surface area (Å²) in [5.74, 6) is -0.801. The van der Waals surface area contributed by atoms with E-state index in [1.165, 1.54) is 0 Å². The van der Waals surface area contributed by atoms with Crippen LogP contribution in [0.25, 0.3) is 0 Å². The van der Waals surface area contributed by atoms with Gasteiger partial charge in [-0.05, 0) is 31.9 Å². The molecule has 7 heteroatoms. The molecule has 0 bridgehead atoms. The fourth-order valence-corrected chi connectivity index (χ4v) is 2.61. The zero-order valence-electron chi connectivity index (χ0n) is 13.0. The molecular weight excluding hydrogens is 298 g/mol. The Labute approximate surface area is 134 Å². The number of carbonyl (C=O) groups is 3. The third kappa shape index (κ3) is 4.07. The van der Waals surface area contributed by atoms with Crippen LogP contribution in [-0.4, -0.2) is 35.5 Å². The Kier molecular flexibility index (Phi) is 5.70. The average molecular weight is 319 g/mol. The van der Waals surface area contributed by atoms with Crippen molar-refractivity contribution in [1.82, 2.24) is 10.8 Å². The van der Waals surface area contributed by atoms with Gasteiger partial charge in [0.05, 0.1) is 11.3 Å². The Balaban J connectivity index is 2.03. The third-order valence-electron chi connectivity index (χ3n) is 3.83. The molecule has 0 saturated heterocycles. The monoisotopic (exact) mass is 319 g/mol. The first-order valence-electron chi connectivity index (χ1n) is 7.69. The third-order valence-corrected chi connectivity index (χ3v) is 3.83. The van der Waals surface area contributed by atoms with Crippen molar-refractivity contribution in [2.75, 3.05) is 11.4 Å². The zero-order valence-corrected chi connectivity index (χ0v) is 13.0. The van der Waals surface area contributed by atoms with Crippen molar-refractivity contribution < 1.29 is 19.6 Å². The maximum atomic E-state index is 12.5. The Bertz CT molecular complexity index is 603. The smallest absolute Gasteiger partial charge is 0.254 e. The number of hydrogen-bond acceptors (Lipinski definition) is 4. The van der Waals surface area contributed by atoms with Crippen LogP contribution in [0, 0.1) is 0 Å². The van der Waals surface area contributed by atoms with E-state index >= 15 is 0 Å². The summed E-state index contributed by atoms with van der Waals surface area (Å²) < 4.78 is 0. The SMILES string of the molecule is CC1NC(=O)c2ccccc2N(CCCCCC(=O)NO)C1=O. The number of nitrogens with one attached hydrogen (secondary N) is 2. The van der Waals surface area contributed by atoms with Gasteiger partial charge in [0.1, 0.15) is 6.04 Å². The number of anilines is 1. The molecule has 1 aromatic rings. The Morgan fingerprint density at radius 3 is 2.74 bits per heavy atom. The lowest BCUT2D eigenvalue weighted by Crippen LogP contribution is -2.44. The Morgan fingerprint density at radius 1 is 1.26 bits per heavy atom. The van der Waals surface area contributed by atoms with E-state index < -0.39 is 11.9 Å². The number of benzene rings is 1. The van der Waals surface area contributed by atoms with E-state index in [-0.39, 0.29) is 18.2 Å². The number of carbonyl (C=O) groups excluding carboxylic acids is 3. The van der Waals surface area contributed by atoms with Gasteiger partial charge in [-0.2, -0.15) is 0 Å². The van der Waals surface area contributed by atoms with Crippen molar-refractivity contribution in [1.29, 1.82) is 0 Å². The van der Waals surface area contributed by atoms with Crippen LogP contribution in [0.4, 0.5) is 5.69 Å². The number of rotatable bonds is 6. The van der Waals surface area contributed by atoms with E-state index in [4.69, 9.17) is 5.21 Å². The Hall–Kier alpha value is -2.41. The first kappa shape index (κ1) is 17.0. The van der Waals surface area contributed by atoms with Crippen LogP contribution in [0.3, 0.4) is 0 Å². The summed E-state index contributed by atoms with van der Waals surface area (Å²) in [7, 11) is 0. The molecule has 1 aliphatic rings. The van der Waals surface area contributed by atoms with Gasteiger partial charge >= 0.3 is 0 Å². The molecule has 0 aromatic heterocycles. The molecule has 23 heavy (non-hydrogen) atoms. The lowest BCUT2D eigenvalue weighted by atomic mass is 10.1. The van der Waals surface area contributed by atoms with Gasteiger partial charge in [0.2, 0.25) is 11.8 Å². The lowest BCUT2D eigenvalue weighted by molar-refractivity contribution is -0.129. The van der Waals surface area contributed by atoms with Crippen molar-refractivity contribution >= 4 is 23.4 Å². The summed E-state index contributed by atoms with van der Waals surface area (Å²) in [6.45, 7) is 2.15. The first-order valence-corrected chi connectivity index (χ1v) is 7.69. The quantitative estimate of drug-likeness (QED) is 0.417. The van der Waals surface area contributed by atoms with E-state index in [0.29, 0.717) is 30.6 Å². The van der Waals surface area contributed by atoms with Crippen LogP contribution in [0.1, 0.15) is 43.0 Å². The molecule has 1 aliphatic heterocycles. The van der Waals surface area contributed by atoms with Crippen LogP contribution >= 0.6 is 0 Å². The van der Waals surface area contributed by atoms with Gasteiger partial charge in [0, 0.05) is 13.0 Å². The van der Waals surface area contributed by atoms with E-state index in [0.717, 1.165) is 6.42 Å². The molecular formula is C16H21N3O4. The highest BCUT2D eigenvalue weighted by atomic mass is 16.5. The fourth-order valence-electron chi connectivity index (χ4n) is 2.61. The summed E-state index contributed by atoms with van der Waals surface area (Å²) in [5.41, 5.74) is 2.70. The second-order valence-electron chi connectivity index (χ2n) is 5.55.